The molecule has 6 nitrogen and oxygen atoms in total. The van der Waals surface area contributed by atoms with Crippen LogP contribution >= 0.6 is 15.9 Å². The first-order valence-electron chi connectivity index (χ1n) is 14.0. The van der Waals surface area contributed by atoms with Gasteiger partial charge in [-0.1, -0.05) is 65.7 Å². The molecule has 0 bridgehead atoms. The van der Waals surface area contributed by atoms with E-state index in [0.717, 1.165) is 45.9 Å². The third-order valence-corrected chi connectivity index (χ3v) is 7.12. The Labute approximate surface area is 275 Å². The second-order valence-corrected chi connectivity index (χ2v) is 10.7. The van der Waals surface area contributed by atoms with Crippen molar-refractivity contribution in [1.29, 1.82) is 0 Å². The molecule has 0 N–H and O–H groups in total. The maximum Gasteiger partial charge on any atom is 0.0886 e. The van der Waals surface area contributed by atoms with Crippen molar-refractivity contribution >= 4 is 21.6 Å². The van der Waals surface area contributed by atoms with Crippen LogP contribution in [-0.4, -0.2) is 36.0 Å². The van der Waals surface area contributed by atoms with Gasteiger partial charge in [0, 0.05) is 68.4 Å². The van der Waals surface area contributed by atoms with Crippen LogP contribution in [0.1, 0.15) is 38.3 Å². The number of alkyl halides is 1. The van der Waals surface area contributed by atoms with Crippen molar-refractivity contribution < 1.29 is 19.5 Å². The number of hydrogen-bond acceptors (Lipinski definition) is 6. The molecule has 220 valence electrons. The SMILES string of the molecule is CC1(CCCCBr)C=CN=C(c2ccccn2)C1.[Ru].c1ccc(-c2ccccn2)nc1.c1ccc(-c2ccccn2)nc1. The largest absolute Gasteiger partial charge is 0.259 e. The molecule has 1 aliphatic heterocycles. The third kappa shape index (κ3) is 11.5. The topological polar surface area (TPSA) is 76.8 Å². The van der Waals surface area contributed by atoms with Crippen molar-refractivity contribution in [3.8, 4) is 22.8 Å². The van der Waals surface area contributed by atoms with E-state index in [9.17, 15) is 0 Å². The van der Waals surface area contributed by atoms with Crippen LogP contribution in [-0.2, 0) is 19.5 Å². The van der Waals surface area contributed by atoms with Crippen LogP contribution < -0.4 is 0 Å². The molecule has 0 radical (unpaired) electrons. The van der Waals surface area contributed by atoms with Crippen LogP contribution in [0.5, 0.6) is 0 Å². The zero-order chi connectivity index (χ0) is 29.3. The average molecular weight is 721 g/mol. The zero-order valence-corrected chi connectivity index (χ0v) is 27.5. The van der Waals surface area contributed by atoms with Crippen molar-refractivity contribution in [2.75, 3.05) is 5.33 Å². The van der Waals surface area contributed by atoms with E-state index >= 15 is 0 Å². The molecule has 5 aromatic rings. The summed E-state index contributed by atoms with van der Waals surface area (Å²) in [5, 5.41) is 1.09. The summed E-state index contributed by atoms with van der Waals surface area (Å²) in [7, 11) is 0. The van der Waals surface area contributed by atoms with E-state index in [1.54, 1.807) is 24.8 Å². The number of aliphatic imine (C=N–C) groups is 1. The minimum Gasteiger partial charge on any atom is -0.259 e. The molecule has 0 spiro atoms. The van der Waals surface area contributed by atoms with Crippen molar-refractivity contribution in [1.82, 2.24) is 24.9 Å². The van der Waals surface area contributed by atoms with E-state index < -0.39 is 0 Å². The molecule has 0 fully saturated rings. The average Bonchev–Trinajstić information content (AvgIpc) is 3.07. The number of hydrogen-bond donors (Lipinski definition) is 0. The van der Waals surface area contributed by atoms with Crippen LogP contribution in [0.15, 0.2) is 139 Å². The zero-order valence-electron chi connectivity index (χ0n) is 24.2. The Balaban J connectivity index is 0.000000180. The van der Waals surface area contributed by atoms with Gasteiger partial charge in [-0.25, -0.2) is 0 Å². The molecule has 0 saturated carbocycles. The Kier molecular flexibility index (Phi) is 14.7. The maximum atomic E-state index is 4.49. The maximum absolute atomic E-state index is 4.49. The number of rotatable bonds is 7. The predicted octanol–water partition coefficient (Wildman–Crippen LogP) is 8.64. The van der Waals surface area contributed by atoms with Gasteiger partial charge in [0.1, 0.15) is 0 Å². The number of halogens is 1. The summed E-state index contributed by atoms with van der Waals surface area (Å²) in [6, 6.07) is 29.2. The Morgan fingerprint density at radius 1 is 0.581 bits per heavy atom. The van der Waals surface area contributed by atoms with Gasteiger partial charge in [0.25, 0.3) is 0 Å². The van der Waals surface area contributed by atoms with Crippen LogP contribution in [0.2, 0.25) is 0 Å². The summed E-state index contributed by atoms with van der Waals surface area (Å²) in [6.45, 7) is 2.31. The van der Waals surface area contributed by atoms with E-state index in [1.165, 1.54) is 19.3 Å². The van der Waals surface area contributed by atoms with E-state index in [4.69, 9.17) is 0 Å². The molecule has 43 heavy (non-hydrogen) atoms. The van der Waals surface area contributed by atoms with Crippen LogP contribution in [0.4, 0.5) is 0 Å². The second kappa shape index (κ2) is 18.7. The smallest absolute Gasteiger partial charge is 0.0886 e. The Morgan fingerprint density at radius 3 is 1.33 bits per heavy atom. The molecule has 1 atom stereocenters. The molecule has 0 aliphatic carbocycles. The number of aromatic nitrogens is 5. The Hall–Kier alpha value is -3.74. The van der Waals surface area contributed by atoms with Gasteiger partial charge in [0.2, 0.25) is 0 Å². The normalized spacial score (nSPS) is 15.0. The first kappa shape index (κ1) is 33.8. The fraction of sp³-hybridized carbons (Fsp3) is 0.200. The fourth-order valence-electron chi connectivity index (χ4n) is 4.34. The Morgan fingerprint density at radius 2 is 0.977 bits per heavy atom. The molecular weight excluding hydrogens is 685 g/mol. The first-order chi connectivity index (χ1) is 20.7. The molecular formula is C35H35BrN6Ru. The summed E-state index contributed by atoms with van der Waals surface area (Å²) in [5.41, 5.74) is 6.01. The van der Waals surface area contributed by atoms with Gasteiger partial charge in [0.15, 0.2) is 0 Å². The second-order valence-electron chi connectivity index (χ2n) is 9.94. The molecule has 0 amide bonds. The van der Waals surface area contributed by atoms with Gasteiger partial charge in [-0.3, -0.25) is 29.9 Å². The molecule has 1 unspecified atom stereocenters. The molecule has 5 aromatic heterocycles. The van der Waals surface area contributed by atoms with Gasteiger partial charge in [-0.2, -0.15) is 0 Å². The van der Waals surface area contributed by atoms with Crippen molar-refractivity contribution in [3.05, 3.63) is 140 Å². The van der Waals surface area contributed by atoms with E-state index in [2.05, 4.69) is 58.8 Å². The van der Waals surface area contributed by atoms with Crippen molar-refractivity contribution in [2.24, 2.45) is 10.4 Å². The van der Waals surface area contributed by atoms with Gasteiger partial charge in [-0.15, -0.1) is 0 Å². The van der Waals surface area contributed by atoms with Crippen LogP contribution in [0.25, 0.3) is 22.8 Å². The summed E-state index contributed by atoms with van der Waals surface area (Å²) >= 11 is 3.49. The minimum atomic E-state index is 0. The minimum absolute atomic E-state index is 0. The molecule has 1 aliphatic rings. The summed E-state index contributed by atoms with van der Waals surface area (Å²) in [4.78, 5) is 25.6. The quantitative estimate of drug-likeness (QED) is 0.0956. The monoisotopic (exact) mass is 720 g/mol. The van der Waals surface area contributed by atoms with Gasteiger partial charge in [0.05, 0.1) is 34.2 Å². The number of allylic oxidation sites excluding steroid dienone is 1. The first-order valence-corrected chi connectivity index (χ1v) is 15.2. The van der Waals surface area contributed by atoms with Crippen LogP contribution in [0.3, 0.4) is 0 Å². The number of unbranched alkanes of at least 4 members (excludes halogenated alkanes) is 1. The van der Waals surface area contributed by atoms with E-state index in [1.807, 2.05) is 103 Å². The Bertz CT molecular complexity index is 1360. The fourth-order valence-corrected chi connectivity index (χ4v) is 4.73. The van der Waals surface area contributed by atoms with Crippen molar-refractivity contribution in [2.45, 2.75) is 32.6 Å². The van der Waals surface area contributed by atoms with Crippen molar-refractivity contribution in [3.63, 3.8) is 0 Å². The summed E-state index contributed by atoms with van der Waals surface area (Å²) in [5.74, 6) is 0. The number of pyridine rings is 5. The summed E-state index contributed by atoms with van der Waals surface area (Å²) < 4.78 is 0. The van der Waals surface area contributed by atoms with Gasteiger partial charge < -0.3 is 0 Å². The molecule has 6 heterocycles. The van der Waals surface area contributed by atoms with Gasteiger partial charge >= 0.3 is 0 Å². The molecule has 0 aromatic carbocycles. The van der Waals surface area contributed by atoms with Gasteiger partial charge in [-0.05, 0) is 78.9 Å². The molecule has 6 rings (SSSR count). The third-order valence-electron chi connectivity index (χ3n) is 6.56. The van der Waals surface area contributed by atoms with E-state index in [-0.39, 0.29) is 24.9 Å². The van der Waals surface area contributed by atoms with E-state index in [0.29, 0.717) is 0 Å². The standard InChI is InChI=1S/C15H19BrN2.2C10H8N2.Ru/c1-15(7-3-4-9-16)8-11-18-14(12-15)13-6-2-5-10-17-13;2*1-3-7-11-9(5-1)10-6-2-4-8-12-10;/h2,5-6,8,10-11H,3-4,7,9,12H2,1H3;2*1-8H;. The molecule has 8 heteroatoms. The predicted molar refractivity (Wildman–Crippen MR) is 175 cm³/mol. The molecule has 0 saturated heterocycles. The summed E-state index contributed by atoms with van der Waals surface area (Å²) in [6.07, 6.45) is 17.8. The number of nitrogens with zero attached hydrogens (tertiary/aromatic N) is 6. The van der Waals surface area contributed by atoms with Crippen LogP contribution in [0, 0.1) is 5.41 Å².